The second kappa shape index (κ2) is 10.7. The van der Waals surface area contributed by atoms with Crippen LogP contribution in [0.2, 0.25) is 10.0 Å². The van der Waals surface area contributed by atoms with Crippen molar-refractivity contribution >= 4 is 50.8 Å². The number of amides is 1. The van der Waals surface area contributed by atoms with E-state index in [9.17, 15) is 18.0 Å². The first-order valence-electron chi connectivity index (χ1n) is 9.07. The highest BCUT2D eigenvalue weighted by Crippen LogP contribution is 2.23. The molecule has 7 nitrogen and oxygen atoms in total. The van der Waals surface area contributed by atoms with Gasteiger partial charge >= 0.3 is 5.97 Å². The second-order valence-electron chi connectivity index (χ2n) is 6.58. The molecule has 0 heterocycles. The summed E-state index contributed by atoms with van der Waals surface area (Å²) in [6.45, 7) is 1.56. The van der Waals surface area contributed by atoms with Gasteiger partial charge in [-0.05, 0) is 42.3 Å². The fourth-order valence-electron chi connectivity index (χ4n) is 2.53. The highest BCUT2D eigenvalue weighted by molar-refractivity contribution is 7.92. The molecule has 162 valence electrons. The van der Waals surface area contributed by atoms with Crippen molar-refractivity contribution in [2.75, 3.05) is 24.1 Å². The summed E-state index contributed by atoms with van der Waals surface area (Å²) in [6.07, 6.45) is 0.467. The number of halogens is 2. The van der Waals surface area contributed by atoms with E-state index in [1.54, 1.807) is 32.2 Å². The van der Waals surface area contributed by atoms with Crippen LogP contribution in [-0.4, -0.2) is 44.6 Å². The highest BCUT2D eigenvalue weighted by atomic mass is 35.5. The molecule has 2 aromatic rings. The largest absolute Gasteiger partial charge is 0.452 e. The van der Waals surface area contributed by atoms with Crippen LogP contribution in [-0.2, 0) is 26.1 Å². The molecule has 0 aromatic heterocycles. The molecule has 1 amide bonds. The number of esters is 1. The summed E-state index contributed by atoms with van der Waals surface area (Å²) < 4.78 is 31.2. The van der Waals surface area contributed by atoms with Crippen LogP contribution in [0.15, 0.2) is 42.5 Å². The molecule has 2 rings (SSSR count). The first kappa shape index (κ1) is 24.0. The van der Waals surface area contributed by atoms with E-state index >= 15 is 0 Å². The minimum absolute atomic E-state index is 0.0264. The van der Waals surface area contributed by atoms with E-state index in [0.29, 0.717) is 16.5 Å². The van der Waals surface area contributed by atoms with Crippen LogP contribution in [0, 0.1) is 0 Å². The molecule has 10 heteroatoms. The molecule has 0 fully saturated rings. The van der Waals surface area contributed by atoms with Crippen molar-refractivity contribution in [3.8, 4) is 0 Å². The van der Waals surface area contributed by atoms with Crippen LogP contribution in [0.25, 0.3) is 0 Å². The quantitative estimate of drug-likeness (QED) is 0.557. The van der Waals surface area contributed by atoms with Crippen LogP contribution in [0.4, 0.5) is 5.69 Å². The third-order valence-corrected chi connectivity index (χ3v) is 6.23. The maximum Gasteiger partial charge on any atom is 0.338 e. The number of sulfonamides is 1. The molecule has 0 atom stereocenters. The Morgan fingerprint density at radius 2 is 1.83 bits per heavy atom. The van der Waals surface area contributed by atoms with Crippen molar-refractivity contribution in [2.45, 2.75) is 19.9 Å². The van der Waals surface area contributed by atoms with E-state index < -0.39 is 28.5 Å². The van der Waals surface area contributed by atoms with Gasteiger partial charge in [-0.2, -0.15) is 0 Å². The van der Waals surface area contributed by atoms with E-state index in [-0.39, 0.29) is 23.5 Å². The first-order chi connectivity index (χ1) is 14.1. The molecule has 0 radical (unpaired) electrons. The molecule has 0 bridgehead atoms. The van der Waals surface area contributed by atoms with E-state index in [1.807, 2.05) is 0 Å². The van der Waals surface area contributed by atoms with Gasteiger partial charge in [-0.3, -0.25) is 9.52 Å². The number of carbonyl (C=O) groups excluding carboxylic acids is 2. The smallest absolute Gasteiger partial charge is 0.338 e. The van der Waals surface area contributed by atoms with E-state index in [2.05, 4.69) is 4.72 Å². The van der Waals surface area contributed by atoms with Crippen LogP contribution in [0.1, 0.15) is 29.3 Å². The molecule has 0 aliphatic carbocycles. The minimum atomic E-state index is -3.48. The molecule has 2 aromatic carbocycles. The van der Waals surface area contributed by atoms with Gasteiger partial charge in [0.25, 0.3) is 5.91 Å². The predicted octanol–water partition coefficient (Wildman–Crippen LogP) is 3.96. The Labute approximate surface area is 186 Å². The number of nitrogens with zero attached hydrogens (tertiary/aromatic N) is 1. The number of hydrogen-bond donors (Lipinski definition) is 1. The van der Waals surface area contributed by atoms with Crippen LogP contribution >= 0.6 is 23.2 Å². The number of hydrogen-bond acceptors (Lipinski definition) is 5. The third-order valence-electron chi connectivity index (χ3n) is 4.00. The van der Waals surface area contributed by atoms with Gasteiger partial charge < -0.3 is 9.64 Å². The topological polar surface area (TPSA) is 92.8 Å². The molecular weight excluding hydrogens is 451 g/mol. The summed E-state index contributed by atoms with van der Waals surface area (Å²) in [5, 5.41) is 0.804. The molecule has 0 saturated carbocycles. The van der Waals surface area contributed by atoms with Gasteiger partial charge in [0.2, 0.25) is 10.0 Å². The van der Waals surface area contributed by atoms with Gasteiger partial charge in [0.05, 0.1) is 21.4 Å². The summed E-state index contributed by atoms with van der Waals surface area (Å²) in [4.78, 5) is 25.9. The summed E-state index contributed by atoms with van der Waals surface area (Å²) in [5.41, 5.74) is 1.16. The second-order valence-corrected chi connectivity index (χ2v) is 9.23. The number of rotatable bonds is 9. The van der Waals surface area contributed by atoms with E-state index in [4.69, 9.17) is 27.9 Å². The Morgan fingerprint density at radius 1 is 1.10 bits per heavy atom. The molecule has 0 aliphatic heterocycles. The maximum atomic E-state index is 12.3. The molecule has 0 unspecified atom stereocenters. The number of carbonyl (C=O) groups is 2. The van der Waals surface area contributed by atoms with Crippen LogP contribution in [0.3, 0.4) is 0 Å². The predicted molar refractivity (Wildman–Crippen MR) is 117 cm³/mol. The molecule has 1 N–H and O–H groups in total. The lowest BCUT2D eigenvalue weighted by Crippen LogP contribution is -2.30. The Hall–Kier alpha value is -2.29. The Balaban J connectivity index is 1.93. The Morgan fingerprint density at radius 3 is 2.50 bits per heavy atom. The summed E-state index contributed by atoms with van der Waals surface area (Å²) in [7, 11) is -1.91. The van der Waals surface area contributed by atoms with Gasteiger partial charge in [-0.15, -0.1) is 0 Å². The monoisotopic (exact) mass is 472 g/mol. The van der Waals surface area contributed by atoms with Gasteiger partial charge in [0, 0.05) is 19.3 Å². The minimum Gasteiger partial charge on any atom is -0.452 e. The van der Waals surface area contributed by atoms with Gasteiger partial charge in [0.1, 0.15) is 0 Å². The van der Waals surface area contributed by atoms with E-state index in [1.165, 1.54) is 29.2 Å². The third kappa shape index (κ3) is 7.19. The standard InChI is InChI=1S/C20H22Cl2N2O5S/c1-3-9-30(27,28)23-16-6-4-5-15(11-16)20(26)29-13-19(25)24(2)12-14-7-8-17(21)18(22)10-14/h4-8,10-11,23H,3,9,12-13H2,1-2H3. The summed E-state index contributed by atoms with van der Waals surface area (Å²) in [5.74, 6) is -1.17. The molecule has 0 aliphatic rings. The average Bonchev–Trinajstić information content (AvgIpc) is 2.68. The first-order valence-corrected chi connectivity index (χ1v) is 11.5. The van der Waals surface area contributed by atoms with Crippen molar-refractivity contribution in [3.63, 3.8) is 0 Å². The molecule has 0 saturated heterocycles. The summed E-state index contributed by atoms with van der Waals surface area (Å²) in [6, 6.07) is 10.9. The maximum absolute atomic E-state index is 12.3. The van der Waals surface area contributed by atoms with E-state index in [0.717, 1.165) is 5.56 Å². The Kier molecular flexibility index (Phi) is 8.52. The number of anilines is 1. The zero-order valence-electron chi connectivity index (χ0n) is 16.5. The fraction of sp³-hybridized carbons (Fsp3) is 0.300. The van der Waals surface area contributed by atoms with Crippen molar-refractivity contribution < 1.29 is 22.7 Å². The van der Waals surface area contributed by atoms with Gasteiger partial charge in [0.15, 0.2) is 6.61 Å². The van der Waals surface area contributed by atoms with Gasteiger partial charge in [-0.25, -0.2) is 13.2 Å². The molecule has 0 spiro atoms. The SMILES string of the molecule is CCCS(=O)(=O)Nc1cccc(C(=O)OCC(=O)N(C)Cc2ccc(Cl)c(Cl)c2)c1. The number of likely N-dealkylation sites (N-methyl/N-ethyl adjacent to an activating group) is 1. The normalized spacial score (nSPS) is 11.1. The van der Waals surface area contributed by atoms with Crippen molar-refractivity contribution in [2.24, 2.45) is 0 Å². The number of ether oxygens (including phenoxy) is 1. The lowest BCUT2D eigenvalue weighted by molar-refractivity contribution is -0.133. The zero-order chi connectivity index (χ0) is 22.3. The number of benzene rings is 2. The molecule has 30 heavy (non-hydrogen) atoms. The Bertz CT molecular complexity index is 1030. The average molecular weight is 473 g/mol. The number of nitrogens with one attached hydrogen (secondary N) is 1. The molecular formula is C20H22Cl2N2O5S. The lowest BCUT2D eigenvalue weighted by Gasteiger charge is -2.17. The van der Waals surface area contributed by atoms with Crippen LogP contribution in [0.5, 0.6) is 0 Å². The van der Waals surface area contributed by atoms with Crippen molar-refractivity contribution in [1.82, 2.24) is 4.90 Å². The lowest BCUT2D eigenvalue weighted by atomic mass is 10.2. The summed E-state index contributed by atoms with van der Waals surface area (Å²) >= 11 is 11.8. The van der Waals surface area contributed by atoms with Gasteiger partial charge in [-0.1, -0.05) is 42.3 Å². The zero-order valence-corrected chi connectivity index (χ0v) is 18.9. The van der Waals surface area contributed by atoms with Crippen LogP contribution < -0.4 is 4.72 Å². The fourth-order valence-corrected chi connectivity index (χ4v) is 3.98. The highest BCUT2D eigenvalue weighted by Gasteiger charge is 2.16. The van der Waals surface area contributed by atoms with Crippen molar-refractivity contribution in [1.29, 1.82) is 0 Å². The van der Waals surface area contributed by atoms with Crippen molar-refractivity contribution in [3.05, 3.63) is 63.6 Å².